The van der Waals surface area contributed by atoms with Crippen molar-refractivity contribution in [3.8, 4) is 5.75 Å². The number of amides is 1. The van der Waals surface area contributed by atoms with Gasteiger partial charge in [0.15, 0.2) is 0 Å². The molecule has 1 aromatic carbocycles. The van der Waals surface area contributed by atoms with Gasteiger partial charge in [-0.2, -0.15) is 5.10 Å². The Bertz CT molecular complexity index is 818. The van der Waals surface area contributed by atoms with Gasteiger partial charge in [-0.05, 0) is 19.9 Å². The predicted molar refractivity (Wildman–Crippen MR) is 80.8 cm³/mol. The summed E-state index contributed by atoms with van der Waals surface area (Å²) < 4.78 is 0. The normalized spacial score (nSPS) is 18.9. The molecule has 1 aliphatic heterocycles. The standard InChI is InChI=1S/C15H16N4O3/c1-7-11(14(21)18-16-7)13(9-5-3-4-6-10(9)20)12-8(2)17-19-15(12)22/h3-6,11,13,20H,1-2H3,(H,18,21)(H2,17,19,22). The van der Waals surface area contributed by atoms with Gasteiger partial charge in [0.25, 0.3) is 5.56 Å². The molecular weight excluding hydrogens is 284 g/mol. The van der Waals surface area contributed by atoms with Crippen LogP contribution in [0.5, 0.6) is 5.75 Å². The molecule has 7 nitrogen and oxygen atoms in total. The molecule has 2 atom stereocenters. The zero-order valence-electron chi connectivity index (χ0n) is 12.2. The number of H-pyrrole nitrogens is 2. The summed E-state index contributed by atoms with van der Waals surface area (Å²) in [6.07, 6.45) is 0. The van der Waals surface area contributed by atoms with Crippen LogP contribution in [-0.4, -0.2) is 26.9 Å². The van der Waals surface area contributed by atoms with E-state index in [9.17, 15) is 14.7 Å². The summed E-state index contributed by atoms with van der Waals surface area (Å²) >= 11 is 0. The maximum absolute atomic E-state index is 12.2. The van der Waals surface area contributed by atoms with Crippen LogP contribution in [0.4, 0.5) is 0 Å². The first kappa shape index (κ1) is 14.1. The van der Waals surface area contributed by atoms with Crippen LogP contribution >= 0.6 is 0 Å². The van der Waals surface area contributed by atoms with Gasteiger partial charge in [0.05, 0.1) is 5.92 Å². The number of nitrogens with zero attached hydrogens (tertiary/aromatic N) is 1. The summed E-state index contributed by atoms with van der Waals surface area (Å²) in [5, 5.41) is 19.5. The maximum atomic E-state index is 12.2. The van der Waals surface area contributed by atoms with Crippen molar-refractivity contribution < 1.29 is 9.90 Å². The Morgan fingerprint density at radius 1 is 1.18 bits per heavy atom. The summed E-state index contributed by atoms with van der Waals surface area (Å²) in [6, 6.07) is 6.71. The Labute approximate surface area is 126 Å². The smallest absolute Gasteiger partial charge is 0.267 e. The van der Waals surface area contributed by atoms with E-state index in [1.165, 1.54) is 6.07 Å². The van der Waals surface area contributed by atoms with Crippen molar-refractivity contribution >= 4 is 11.6 Å². The van der Waals surface area contributed by atoms with Gasteiger partial charge in [-0.15, -0.1) is 0 Å². The van der Waals surface area contributed by atoms with Crippen LogP contribution in [0.25, 0.3) is 0 Å². The summed E-state index contributed by atoms with van der Waals surface area (Å²) in [6.45, 7) is 3.48. The summed E-state index contributed by atoms with van der Waals surface area (Å²) in [5.41, 5.74) is 4.29. The molecule has 0 spiro atoms. The number of phenolic OH excluding ortho intramolecular Hbond substituents is 1. The first-order chi connectivity index (χ1) is 10.5. The number of carbonyl (C=O) groups excluding carboxylic acids is 1. The van der Waals surface area contributed by atoms with Crippen molar-refractivity contribution in [1.29, 1.82) is 0 Å². The lowest BCUT2D eigenvalue weighted by atomic mass is 9.78. The van der Waals surface area contributed by atoms with Crippen LogP contribution in [0.3, 0.4) is 0 Å². The molecule has 2 aromatic rings. The largest absolute Gasteiger partial charge is 0.508 e. The van der Waals surface area contributed by atoms with Gasteiger partial charge in [-0.25, -0.2) is 5.43 Å². The molecule has 0 fully saturated rings. The average molecular weight is 300 g/mol. The molecule has 1 aromatic heterocycles. The monoisotopic (exact) mass is 300 g/mol. The highest BCUT2D eigenvalue weighted by Crippen LogP contribution is 2.38. The topological polar surface area (TPSA) is 110 Å². The number of benzene rings is 1. The Kier molecular flexibility index (Phi) is 3.32. The number of aryl methyl sites for hydroxylation is 1. The number of hydrogen-bond acceptors (Lipinski definition) is 4. The van der Waals surface area contributed by atoms with E-state index in [4.69, 9.17) is 0 Å². The molecule has 0 bridgehead atoms. The Morgan fingerprint density at radius 2 is 1.91 bits per heavy atom. The van der Waals surface area contributed by atoms with Crippen molar-refractivity contribution in [2.75, 3.05) is 0 Å². The minimum atomic E-state index is -0.635. The lowest BCUT2D eigenvalue weighted by molar-refractivity contribution is -0.122. The molecule has 4 N–H and O–H groups in total. The Balaban J connectivity index is 2.24. The minimum absolute atomic E-state index is 0.0417. The number of aromatic nitrogens is 2. The third kappa shape index (κ3) is 2.11. The van der Waals surface area contributed by atoms with Gasteiger partial charge in [0.1, 0.15) is 5.75 Å². The number of hydrazone groups is 1. The fourth-order valence-corrected chi connectivity index (χ4v) is 2.95. The number of aromatic amines is 2. The molecule has 0 aliphatic carbocycles. The molecule has 0 saturated carbocycles. The van der Waals surface area contributed by atoms with E-state index in [1.54, 1.807) is 32.0 Å². The van der Waals surface area contributed by atoms with E-state index in [0.29, 0.717) is 22.5 Å². The van der Waals surface area contributed by atoms with Gasteiger partial charge in [0.2, 0.25) is 5.91 Å². The fraction of sp³-hybridized carbons (Fsp3) is 0.267. The molecule has 0 saturated heterocycles. The van der Waals surface area contributed by atoms with Gasteiger partial charge in [-0.1, -0.05) is 18.2 Å². The maximum Gasteiger partial charge on any atom is 0.267 e. The van der Waals surface area contributed by atoms with Gasteiger partial charge in [-0.3, -0.25) is 14.7 Å². The highest BCUT2D eigenvalue weighted by Gasteiger charge is 2.40. The summed E-state index contributed by atoms with van der Waals surface area (Å²) in [7, 11) is 0. The summed E-state index contributed by atoms with van der Waals surface area (Å²) in [5.74, 6) is -1.49. The van der Waals surface area contributed by atoms with Crippen LogP contribution in [0.1, 0.15) is 29.7 Å². The minimum Gasteiger partial charge on any atom is -0.508 e. The molecule has 1 amide bonds. The average Bonchev–Trinajstić information content (AvgIpc) is 2.99. The number of nitrogens with one attached hydrogen (secondary N) is 3. The number of aromatic hydroxyl groups is 1. The first-order valence-corrected chi connectivity index (χ1v) is 6.89. The zero-order valence-corrected chi connectivity index (χ0v) is 12.2. The molecule has 1 aliphatic rings. The zero-order chi connectivity index (χ0) is 15.9. The number of carbonyl (C=O) groups is 1. The SMILES string of the molecule is CC1=NNC(=O)C1C(c1ccccc1O)c1c(C)[nH][nH]c1=O. The molecular formula is C15H16N4O3. The Hall–Kier alpha value is -2.83. The molecule has 114 valence electrons. The van der Waals surface area contributed by atoms with Crippen LogP contribution in [0.2, 0.25) is 0 Å². The molecule has 0 radical (unpaired) electrons. The third-order valence-electron chi connectivity index (χ3n) is 4.00. The van der Waals surface area contributed by atoms with Crippen molar-refractivity contribution in [3.63, 3.8) is 0 Å². The lowest BCUT2D eigenvalue weighted by Gasteiger charge is -2.22. The van der Waals surface area contributed by atoms with Crippen molar-refractivity contribution in [2.45, 2.75) is 19.8 Å². The molecule has 2 heterocycles. The van der Waals surface area contributed by atoms with Crippen LogP contribution < -0.4 is 11.0 Å². The fourth-order valence-electron chi connectivity index (χ4n) is 2.95. The van der Waals surface area contributed by atoms with Crippen LogP contribution in [-0.2, 0) is 4.79 Å². The van der Waals surface area contributed by atoms with E-state index in [1.807, 2.05) is 0 Å². The molecule has 3 rings (SSSR count). The second-order valence-corrected chi connectivity index (χ2v) is 5.36. The van der Waals surface area contributed by atoms with Crippen molar-refractivity contribution in [1.82, 2.24) is 15.6 Å². The predicted octanol–water partition coefficient (Wildman–Crippen LogP) is 0.971. The molecule has 2 unspecified atom stereocenters. The highest BCUT2D eigenvalue weighted by atomic mass is 16.3. The molecule has 7 heteroatoms. The van der Waals surface area contributed by atoms with E-state index in [-0.39, 0.29) is 17.2 Å². The quantitative estimate of drug-likeness (QED) is 0.678. The van der Waals surface area contributed by atoms with E-state index in [0.717, 1.165) is 0 Å². The van der Waals surface area contributed by atoms with E-state index >= 15 is 0 Å². The number of rotatable bonds is 3. The number of para-hydroxylation sites is 1. The first-order valence-electron chi connectivity index (χ1n) is 6.89. The van der Waals surface area contributed by atoms with Crippen LogP contribution in [0, 0.1) is 12.8 Å². The lowest BCUT2D eigenvalue weighted by Crippen LogP contribution is -2.31. The van der Waals surface area contributed by atoms with Gasteiger partial charge >= 0.3 is 0 Å². The van der Waals surface area contributed by atoms with E-state index in [2.05, 4.69) is 20.7 Å². The number of phenols is 1. The Morgan fingerprint density at radius 3 is 2.45 bits per heavy atom. The summed E-state index contributed by atoms with van der Waals surface area (Å²) in [4.78, 5) is 24.4. The van der Waals surface area contributed by atoms with Crippen molar-refractivity contribution in [2.24, 2.45) is 11.0 Å². The third-order valence-corrected chi connectivity index (χ3v) is 4.00. The second kappa shape index (κ2) is 5.18. The highest BCUT2D eigenvalue weighted by molar-refractivity contribution is 6.08. The van der Waals surface area contributed by atoms with E-state index < -0.39 is 11.8 Å². The van der Waals surface area contributed by atoms with Gasteiger partial charge < -0.3 is 10.2 Å². The van der Waals surface area contributed by atoms with Gasteiger partial charge in [0, 0.05) is 28.5 Å². The molecule has 22 heavy (non-hydrogen) atoms. The second-order valence-electron chi connectivity index (χ2n) is 5.36. The van der Waals surface area contributed by atoms with Crippen molar-refractivity contribution in [3.05, 3.63) is 51.4 Å². The van der Waals surface area contributed by atoms with Crippen LogP contribution in [0.15, 0.2) is 34.2 Å². The number of hydrogen-bond donors (Lipinski definition) is 4.